The van der Waals surface area contributed by atoms with Crippen molar-refractivity contribution in [3.8, 4) is 22.6 Å². The summed E-state index contributed by atoms with van der Waals surface area (Å²) in [6, 6.07) is 17.9. The SMILES string of the molecule is Fc1ccccc1-c1cc(=S)nc(-c2ccccc2)[nH]1. The van der Waals surface area contributed by atoms with Crippen molar-refractivity contribution < 1.29 is 4.39 Å². The lowest BCUT2D eigenvalue weighted by atomic mass is 10.1. The molecule has 0 radical (unpaired) electrons. The Hall–Kier alpha value is -2.33. The van der Waals surface area contributed by atoms with Crippen LogP contribution in [0.5, 0.6) is 0 Å². The van der Waals surface area contributed by atoms with Gasteiger partial charge in [-0.05, 0) is 18.2 Å². The van der Waals surface area contributed by atoms with Crippen LogP contribution in [-0.4, -0.2) is 9.97 Å². The summed E-state index contributed by atoms with van der Waals surface area (Å²) >= 11 is 5.18. The zero-order valence-electron chi connectivity index (χ0n) is 10.5. The zero-order chi connectivity index (χ0) is 13.9. The molecule has 0 aliphatic carbocycles. The Morgan fingerprint density at radius 2 is 1.65 bits per heavy atom. The Morgan fingerprint density at radius 3 is 2.40 bits per heavy atom. The Kier molecular flexibility index (Phi) is 3.39. The summed E-state index contributed by atoms with van der Waals surface area (Å²) in [6.45, 7) is 0. The van der Waals surface area contributed by atoms with Gasteiger partial charge in [0.05, 0.1) is 5.69 Å². The van der Waals surface area contributed by atoms with E-state index in [-0.39, 0.29) is 5.82 Å². The van der Waals surface area contributed by atoms with Gasteiger partial charge < -0.3 is 4.98 Å². The molecule has 0 saturated heterocycles. The Bertz CT molecular complexity index is 797. The molecule has 0 atom stereocenters. The maximum absolute atomic E-state index is 13.9. The molecule has 4 heteroatoms. The highest BCUT2D eigenvalue weighted by Crippen LogP contribution is 2.23. The van der Waals surface area contributed by atoms with Crippen molar-refractivity contribution in [3.63, 3.8) is 0 Å². The number of hydrogen-bond donors (Lipinski definition) is 1. The molecule has 3 rings (SSSR count). The summed E-state index contributed by atoms with van der Waals surface area (Å²) in [6.07, 6.45) is 0. The second-order valence-corrected chi connectivity index (χ2v) is 4.75. The summed E-state index contributed by atoms with van der Waals surface area (Å²) in [7, 11) is 0. The fourth-order valence-electron chi connectivity index (χ4n) is 2.02. The number of hydrogen-bond acceptors (Lipinski definition) is 2. The highest BCUT2D eigenvalue weighted by Gasteiger charge is 2.07. The van der Waals surface area contributed by atoms with Gasteiger partial charge in [-0.15, -0.1) is 0 Å². The minimum atomic E-state index is -0.289. The van der Waals surface area contributed by atoms with Crippen LogP contribution in [-0.2, 0) is 0 Å². The lowest BCUT2D eigenvalue weighted by Gasteiger charge is -2.07. The summed E-state index contributed by atoms with van der Waals surface area (Å²) in [5.74, 6) is 0.347. The van der Waals surface area contributed by atoms with E-state index in [9.17, 15) is 4.39 Å². The van der Waals surface area contributed by atoms with E-state index in [0.29, 0.717) is 21.7 Å². The van der Waals surface area contributed by atoms with Gasteiger partial charge in [0.15, 0.2) is 0 Å². The van der Waals surface area contributed by atoms with Gasteiger partial charge in [0.2, 0.25) is 0 Å². The van der Waals surface area contributed by atoms with Gasteiger partial charge in [0.1, 0.15) is 16.3 Å². The first-order chi connectivity index (χ1) is 9.74. The molecule has 2 nitrogen and oxygen atoms in total. The number of aromatic nitrogens is 2. The third-order valence-electron chi connectivity index (χ3n) is 2.95. The summed E-state index contributed by atoms with van der Waals surface area (Å²) in [4.78, 5) is 7.44. The van der Waals surface area contributed by atoms with E-state index in [2.05, 4.69) is 9.97 Å². The monoisotopic (exact) mass is 282 g/mol. The molecule has 0 fully saturated rings. The Balaban J connectivity index is 2.18. The van der Waals surface area contributed by atoms with Crippen molar-refractivity contribution in [3.05, 3.63) is 71.1 Å². The van der Waals surface area contributed by atoms with Crippen LogP contribution in [0.1, 0.15) is 0 Å². The molecular formula is C16H11FN2S. The molecule has 0 aliphatic heterocycles. The second-order valence-electron chi connectivity index (χ2n) is 4.33. The molecule has 98 valence electrons. The zero-order valence-corrected chi connectivity index (χ0v) is 11.3. The maximum atomic E-state index is 13.9. The van der Waals surface area contributed by atoms with Crippen LogP contribution in [0.3, 0.4) is 0 Å². The van der Waals surface area contributed by atoms with Gasteiger partial charge in [-0.2, -0.15) is 0 Å². The molecule has 1 aromatic heterocycles. The third kappa shape index (κ3) is 2.51. The molecule has 0 unspecified atom stereocenters. The normalized spacial score (nSPS) is 10.4. The number of halogens is 1. The van der Waals surface area contributed by atoms with Crippen LogP contribution in [0.2, 0.25) is 0 Å². The maximum Gasteiger partial charge on any atom is 0.139 e. The number of rotatable bonds is 2. The molecule has 0 amide bonds. The topological polar surface area (TPSA) is 28.7 Å². The molecule has 20 heavy (non-hydrogen) atoms. The largest absolute Gasteiger partial charge is 0.339 e. The van der Waals surface area contributed by atoms with Crippen LogP contribution in [0.4, 0.5) is 4.39 Å². The number of nitrogens with zero attached hydrogens (tertiary/aromatic N) is 1. The van der Waals surface area contributed by atoms with Crippen molar-refractivity contribution in [2.45, 2.75) is 0 Å². The summed E-state index contributed by atoms with van der Waals surface area (Å²) < 4.78 is 14.3. The van der Waals surface area contributed by atoms with Crippen molar-refractivity contribution >= 4 is 12.2 Å². The van der Waals surface area contributed by atoms with E-state index in [1.807, 2.05) is 30.3 Å². The van der Waals surface area contributed by atoms with Crippen molar-refractivity contribution in [2.24, 2.45) is 0 Å². The van der Waals surface area contributed by atoms with Crippen molar-refractivity contribution in [1.29, 1.82) is 0 Å². The lowest BCUT2D eigenvalue weighted by Crippen LogP contribution is -1.94. The Morgan fingerprint density at radius 1 is 0.950 bits per heavy atom. The van der Waals surface area contributed by atoms with Crippen molar-refractivity contribution in [2.75, 3.05) is 0 Å². The predicted molar refractivity (Wildman–Crippen MR) is 80.3 cm³/mol. The lowest BCUT2D eigenvalue weighted by molar-refractivity contribution is 0.630. The van der Waals surface area contributed by atoms with Crippen molar-refractivity contribution in [1.82, 2.24) is 9.97 Å². The molecule has 0 aliphatic rings. The quantitative estimate of drug-likeness (QED) is 0.695. The molecule has 0 spiro atoms. The first-order valence-electron chi connectivity index (χ1n) is 6.16. The molecule has 1 heterocycles. The minimum Gasteiger partial charge on any atom is -0.339 e. The van der Waals surface area contributed by atoms with Gasteiger partial charge in [0.25, 0.3) is 0 Å². The highest BCUT2D eigenvalue weighted by atomic mass is 32.1. The number of H-pyrrole nitrogens is 1. The van der Waals surface area contributed by atoms with Gasteiger partial charge in [-0.25, -0.2) is 9.37 Å². The highest BCUT2D eigenvalue weighted by molar-refractivity contribution is 7.71. The van der Waals surface area contributed by atoms with E-state index >= 15 is 0 Å². The van der Waals surface area contributed by atoms with Crippen LogP contribution < -0.4 is 0 Å². The smallest absolute Gasteiger partial charge is 0.139 e. The predicted octanol–water partition coefficient (Wildman–Crippen LogP) is 4.61. The van der Waals surface area contributed by atoms with Crippen LogP contribution >= 0.6 is 12.2 Å². The van der Waals surface area contributed by atoms with Gasteiger partial charge >= 0.3 is 0 Å². The molecule has 0 bridgehead atoms. The summed E-state index contributed by atoms with van der Waals surface area (Å²) in [5, 5.41) is 0. The van der Waals surface area contributed by atoms with Crippen LogP contribution in [0, 0.1) is 10.5 Å². The fourth-order valence-corrected chi connectivity index (χ4v) is 2.22. The number of nitrogens with one attached hydrogen (secondary N) is 1. The summed E-state index contributed by atoms with van der Waals surface area (Å²) in [5.41, 5.74) is 2.02. The number of benzene rings is 2. The first kappa shape index (κ1) is 12.7. The van der Waals surface area contributed by atoms with Gasteiger partial charge in [-0.1, -0.05) is 54.7 Å². The van der Waals surface area contributed by atoms with Crippen LogP contribution in [0.25, 0.3) is 22.6 Å². The van der Waals surface area contributed by atoms with Gasteiger partial charge in [0, 0.05) is 11.1 Å². The molecular weight excluding hydrogens is 271 g/mol. The van der Waals surface area contributed by atoms with E-state index in [0.717, 1.165) is 5.56 Å². The molecule has 1 N–H and O–H groups in total. The van der Waals surface area contributed by atoms with E-state index in [1.165, 1.54) is 6.07 Å². The number of aromatic amines is 1. The van der Waals surface area contributed by atoms with Gasteiger partial charge in [-0.3, -0.25) is 0 Å². The average molecular weight is 282 g/mol. The minimum absolute atomic E-state index is 0.289. The van der Waals surface area contributed by atoms with E-state index in [1.54, 1.807) is 24.3 Å². The third-order valence-corrected chi connectivity index (χ3v) is 3.16. The average Bonchev–Trinajstić information content (AvgIpc) is 2.48. The molecule has 2 aromatic carbocycles. The van der Waals surface area contributed by atoms with Crippen LogP contribution in [0.15, 0.2) is 60.7 Å². The second kappa shape index (κ2) is 5.35. The molecule has 0 saturated carbocycles. The standard InChI is InChI=1S/C16H11FN2S/c17-13-9-5-4-8-12(13)14-10-15(20)19-16(18-14)11-6-2-1-3-7-11/h1-10H,(H,18,19,20). The molecule has 3 aromatic rings. The van der Waals surface area contributed by atoms with E-state index in [4.69, 9.17) is 12.2 Å². The fraction of sp³-hybridized carbons (Fsp3) is 0. The first-order valence-corrected chi connectivity index (χ1v) is 6.56. The Labute approximate surface area is 121 Å². The van der Waals surface area contributed by atoms with E-state index < -0.39 is 0 Å².